The highest BCUT2D eigenvalue weighted by Gasteiger charge is 2.22. The molecule has 1 saturated heterocycles. The van der Waals surface area contributed by atoms with E-state index in [0.717, 1.165) is 26.1 Å². The monoisotopic (exact) mass is 232 g/mol. The van der Waals surface area contributed by atoms with Crippen molar-refractivity contribution in [3.05, 3.63) is 29.8 Å². The predicted octanol–water partition coefficient (Wildman–Crippen LogP) is 1.96. The predicted molar refractivity (Wildman–Crippen MR) is 70.2 cm³/mol. The second kappa shape index (κ2) is 5.21. The zero-order valence-corrected chi connectivity index (χ0v) is 10.6. The van der Waals surface area contributed by atoms with Gasteiger partial charge in [-0.1, -0.05) is 12.1 Å². The molecule has 0 aliphatic carbocycles. The van der Waals surface area contributed by atoms with Crippen LogP contribution in [0.2, 0.25) is 0 Å². The van der Waals surface area contributed by atoms with E-state index in [2.05, 4.69) is 41.4 Å². The molecule has 3 heteroatoms. The molecular weight excluding hydrogens is 212 g/mol. The van der Waals surface area contributed by atoms with E-state index >= 15 is 0 Å². The topological polar surface area (TPSA) is 32.3 Å². The summed E-state index contributed by atoms with van der Waals surface area (Å²) >= 11 is 0. The number of nitrogens with one attached hydrogen (secondary N) is 1. The largest absolute Gasteiger partial charge is 0.371 e. The van der Waals surface area contributed by atoms with Crippen LogP contribution in [0.3, 0.4) is 0 Å². The van der Waals surface area contributed by atoms with Gasteiger partial charge in [-0.3, -0.25) is 4.79 Å². The molecule has 2 rings (SSSR count). The molecule has 0 aromatic heterocycles. The van der Waals surface area contributed by atoms with E-state index in [9.17, 15) is 4.79 Å². The van der Waals surface area contributed by atoms with E-state index in [1.807, 2.05) is 0 Å². The number of anilines is 1. The number of nitrogens with zero attached hydrogens (tertiary/aromatic N) is 1. The summed E-state index contributed by atoms with van der Waals surface area (Å²) in [6, 6.07) is 8.61. The minimum Gasteiger partial charge on any atom is -0.371 e. The van der Waals surface area contributed by atoms with Gasteiger partial charge in [0.15, 0.2) is 0 Å². The van der Waals surface area contributed by atoms with Crippen molar-refractivity contribution < 1.29 is 4.79 Å². The second-order valence-corrected chi connectivity index (χ2v) is 4.88. The molecular formula is C14H20N2O. The van der Waals surface area contributed by atoms with E-state index < -0.39 is 0 Å². The van der Waals surface area contributed by atoms with E-state index in [-0.39, 0.29) is 5.91 Å². The van der Waals surface area contributed by atoms with Crippen molar-refractivity contribution in [1.29, 1.82) is 0 Å². The molecule has 0 radical (unpaired) electrons. The van der Waals surface area contributed by atoms with Gasteiger partial charge in [0, 0.05) is 32.2 Å². The number of carbonyl (C=O) groups is 1. The molecule has 1 fully saturated rings. The first-order chi connectivity index (χ1) is 8.15. The molecule has 1 aliphatic heterocycles. The van der Waals surface area contributed by atoms with Crippen LogP contribution in [0, 0.1) is 12.8 Å². The Morgan fingerprint density at radius 2 is 2.35 bits per heavy atom. The fourth-order valence-corrected chi connectivity index (χ4v) is 2.35. The molecule has 0 spiro atoms. The molecule has 1 N–H and O–H groups in total. The lowest BCUT2D eigenvalue weighted by molar-refractivity contribution is -0.119. The van der Waals surface area contributed by atoms with Crippen molar-refractivity contribution in [2.24, 2.45) is 5.92 Å². The molecule has 1 heterocycles. The van der Waals surface area contributed by atoms with Crippen LogP contribution in [0.15, 0.2) is 24.3 Å². The normalized spacial score (nSPS) is 19.4. The van der Waals surface area contributed by atoms with Crippen LogP contribution in [0.4, 0.5) is 5.69 Å². The van der Waals surface area contributed by atoms with Gasteiger partial charge in [0.05, 0.1) is 0 Å². The Hall–Kier alpha value is -1.51. The van der Waals surface area contributed by atoms with E-state index in [1.165, 1.54) is 11.3 Å². The van der Waals surface area contributed by atoms with Gasteiger partial charge in [-0.2, -0.15) is 0 Å². The lowest BCUT2D eigenvalue weighted by Gasteiger charge is -2.19. The summed E-state index contributed by atoms with van der Waals surface area (Å²) in [6.45, 7) is 6.64. The zero-order valence-electron chi connectivity index (χ0n) is 10.6. The highest BCUT2D eigenvalue weighted by atomic mass is 16.1. The minimum atomic E-state index is 0.0685. The molecule has 1 aliphatic rings. The Morgan fingerprint density at radius 1 is 1.53 bits per heavy atom. The quantitative estimate of drug-likeness (QED) is 0.864. The second-order valence-electron chi connectivity index (χ2n) is 4.88. The maximum Gasteiger partial charge on any atom is 0.216 e. The fraction of sp³-hybridized carbons (Fsp3) is 0.500. The van der Waals surface area contributed by atoms with Gasteiger partial charge in [0.1, 0.15) is 0 Å². The van der Waals surface area contributed by atoms with Gasteiger partial charge in [0.25, 0.3) is 0 Å². The molecule has 1 amide bonds. The van der Waals surface area contributed by atoms with Gasteiger partial charge in [-0.25, -0.2) is 0 Å². The maximum atomic E-state index is 10.9. The third-order valence-corrected chi connectivity index (χ3v) is 3.29. The van der Waals surface area contributed by atoms with Crippen LogP contribution < -0.4 is 10.2 Å². The Labute approximate surface area is 103 Å². The van der Waals surface area contributed by atoms with Crippen LogP contribution in [-0.4, -0.2) is 25.5 Å². The average molecular weight is 232 g/mol. The summed E-state index contributed by atoms with van der Waals surface area (Å²) in [5.74, 6) is 0.651. The first-order valence-electron chi connectivity index (χ1n) is 6.21. The summed E-state index contributed by atoms with van der Waals surface area (Å²) in [5.41, 5.74) is 2.60. The molecule has 92 valence electrons. The first-order valence-corrected chi connectivity index (χ1v) is 6.21. The first kappa shape index (κ1) is 12.0. The zero-order chi connectivity index (χ0) is 12.3. The van der Waals surface area contributed by atoms with Crippen molar-refractivity contribution in [2.45, 2.75) is 20.3 Å². The third kappa shape index (κ3) is 3.22. The minimum absolute atomic E-state index is 0.0685. The van der Waals surface area contributed by atoms with Crippen LogP contribution >= 0.6 is 0 Å². The summed E-state index contributed by atoms with van der Waals surface area (Å²) in [7, 11) is 0. The Morgan fingerprint density at radius 3 is 3.06 bits per heavy atom. The molecule has 0 saturated carbocycles. The SMILES string of the molecule is CC(=O)NCC1CCN(c2cccc(C)c2)C1. The number of benzene rings is 1. The smallest absolute Gasteiger partial charge is 0.216 e. The lowest BCUT2D eigenvalue weighted by Crippen LogP contribution is -2.29. The van der Waals surface area contributed by atoms with Crippen molar-refractivity contribution in [3.8, 4) is 0 Å². The van der Waals surface area contributed by atoms with Crippen LogP contribution in [-0.2, 0) is 4.79 Å². The molecule has 1 atom stereocenters. The molecule has 17 heavy (non-hydrogen) atoms. The Bertz CT molecular complexity index is 403. The van der Waals surface area contributed by atoms with Gasteiger partial charge in [-0.15, -0.1) is 0 Å². The number of amides is 1. The summed E-state index contributed by atoms with van der Waals surface area (Å²) < 4.78 is 0. The molecule has 1 aromatic rings. The molecule has 3 nitrogen and oxygen atoms in total. The van der Waals surface area contributed by atoms with Crippen molar-refractivity contribution in [2.75, 3.05) is 24.5 Å². The van der Waals surface area contributed by atoms with Gasteiger partial charge in [0.2, 0.25) is 5.91 Å². The summed E-state index contributed by atoms with van der Waals surface area (Å²) in [6.07, 6.45) is 1.16. The van der Waals surface area contributed by atoms with Crippen molar-refractivity contribution in [1.82, 2.24) is 5.32 Å². The van der Waals surface area contributed by atoms with Crippen LogP contribution in [0.1, 0.15) is 18.9 Å². The van der Waals surface area contributed by atoms with Crippen molar-refractivity contribution >= 4 is 11.6 Å². The Balaban J connectivity index is 1.91. The van der Waals surface area contributed by atoms with E-state index in [4.69, 9.17) is 0 Å². The van der Waals surface area contributed by atoms with Gasteiger partial charge in [-0.05, 0) is 37.0 Å². The number of carbonyl (C=O) groups excluding carboxylic acids is 1. The van der Waals surface area contributed by atoms with E-state index in [1.54, 1.807) is 6.92 Å². The molecule has 1 unspecified atom stereocenters. The van der Waals surface area contributed by atoms with Crippen LogP contribution in [0.5, 0.6) is 0 Å². The average Bonchev–Trinajstić information content (AvgIpc) is 2.75. The van der Waals surface area contributed by atoms with E-state index in [0.29, 0.717) is 5.92 Å². The number of rotatable bonds is 3. The number of aryl methyl sites for hydroxylation is 1. The standard InChI is InChI=1S/C14H20N2O/c1-11-4-3-5-14(8-11)16-7-6-13(10-16)9-15-12(2)17/h3-5,8,13H,6-7,9-10H2,1-2H3,(H,15,17). The van der Waals surface area contributed by atoms with Gasteiger partial charge >= 0.3 is 0 Å². The highest BCUT2D eigenvalue weighted by Crippen LogP contribution is 2.23. The number of hydrogen-bond acceptors (Lipinski definition) is 2. The number of hydrogen-bond donors (Lipinski definition) is 1. The summed E-state index contributed by atoms with van der Waals surface area (Å²) in [4.78, 5) is 13.3. The van der Waals surface area contributed by atoms with Crippen LogP contribution in [0.25, 0.3) is 0 Å². The Kier molecular flexibility index (Phi) is 3.67. The fourth-order valence-electron chi connectivity index (χ4n) is 2.35. The lowest BCUT2D eigenvalue weighted by atomic mass is 10.1. The molecule has 1 aromatic carbocycles. The molecule has 0 bridgehead atoms. The summed E-state index contributed by atoms with van der Waals surface area (Å²) in [5, 5.41) is 2.91. The highest BCUT2D eigenvalue weighted by molar-refractivity contribution is 5.72. The maximum absolute atomic E-state index is 10.9. The third-order valence-electron chi connectivity index (χ3n) is 3.29. The van der Waals surface area contributed by atoms with Crippen molar-refractivity contribution in [3.63, 3.8) is 0 Å². The van der Waals surface area contributed by atoms with Gasteiger partial charge < -0.3 is 10.2 Å².